The minimum Gasteiger partial charge on any atom is -0.256 e. The van der Waals surface area contributed by atoms with Crippen molar-refractivity contribution in [3.63, 3.8) is 0 Å². The van der Waals surface area contributed by atoms with Crippen molar-refractivity contribution in [1.82, 2.24) is 19.9 Å². The molecule has 0 saturated carbocycles. The maximum Gasteiger partial charge on any atom is 0.159 e. The molecule has 4 nitrogen and oxygen atoms in total. The molecule has 7 aromatic carbocycles. The SMILES string of the molecule is CCc1cc(-c2ccccn2)ccc1-c1ccccc1-c1cc(-c2ccccc2-c2ccc(-c3ncccn3)cc2)cc(-c2ccccc2-c2ccc(-c3ccccn3)cc2CC)c1. The quantitative estimate of drug-likeness (QED) is 0.130. The molecule has 0 aliphatic heterocycles. The predicted octanol–water partition coefficient (Wildman–Crippen LogP) is 15.4. The molecule has 0 amide bonds. The Kier molecular flexibility index (Phi) is 11.3. The lowest BCUT2D eigenvalue weighted by Gasteiger charge is -2.19. The minimum absolute atomic E-state index is 0.715. The predicted molar refractivity (Wildman–Crippen MR) is 265 cm³/mol. The van der Waals surface area contributed by atoms with Gasteiger partial charge >= 0.3 is 0 Å². The highest BCUT2D eigenvalue weighted by molar-refractivity contribution is 5.95. The van der Waals surface area contributed by atoms with Crippen LogP contribution in [-0.4, -0.2) is 19.9 Å². The van der Waals surface area contributed by atoms with Crippen LogP contribution in [0.3, 0.4) is 0 Å². The van der Waals surface area contributed by atoms with Crippen molar-refractivity contribution >= 4 is 0 Å². The zero-order valence-electron chi connectivity index (χ0n) is 36.0. The first-order valence-corrected chi connectivity index (χ1v) is 22.1. The van der Waals surface area contributed by atoms with Crippen molar-refractivity contribution in [2.75, 3.05) is 0 Å². The van der Waals surface area contributed by atoms with Crippen LogP contribution in [0.1, 0.15) is 25.0 Å². The zero-order valence-corrected chi connectivity index (χ0v) is 36.0. The van der Waals surface area contributed by atoms with Crippen LogP contribution >= 0.6 is 0 Å². The molecule has 10 rings (SSSR count). The maximum absolute atomic E-state index is 4.67. The van der Waals surface area contributed by atoms with E-state index in [1.807, 2.05) is 42.7 Å². The molecule has 0 radical (unpaired) electrons. The van der Waals surface area contributed by atoms with E-state index in [2.05, 4.69) is 198 Å². The number of hydrogen-bond acceptors (Lipinski definition) is 4. The molecule has 0 spiro atoms. The fraction of sp³-hybridized carbons (Fsp3) is 0.0667. The Morgan fingerprint density at radius 1 is 0.266 bits per heavy atom. The van der Waals surface area contributed by atoms with Gasteiger partial charge in [-0.3, -0.25) is 9.97 Å². The molecule has 0 aliphatic carbocycles. The van der Waals surface area contributed by atoms with Gasteiger partial charge in [-0.25, -0.2) is 9.97 Å². The van der Waals surface area contributed by atoms with Gasteiger partial charge in [0.25, 0.3) is 0 Å². The van der Waals surface area contributed by atoms with Gasteiger partial charge in [0.2, 0.25) is 0 Å². The molecule has 4 heteroatoms. The molecular weight excluding hydrogens is 777 g/mol. The Labute approximate surface area is 375 Å². The molecule has 64 heavy (non-hydrogen) atoms. The monoisotopic (exact) mass is 822 g/mol. The molecule has 3 heterocycles. The van der Waals surface area contributed by atoms with Crippen molar-refractivity contribution < 1.29 is 0 Å². The van der Waals surface area contributed by atoms with E-state index in [9.17, 15) is 0 Å². The summed E-state index contributed by atoms with van der Waals surface area (Å²) in [6.45, 7) is 4.48. The van der Waals surface area contributed by atoms with Crippen molar-refractivity contribution in [2.45, 2.75) is 26.7 Å². The number of benzene rings is 7. The molecule has 10 aromatic rings. The summed E-state index contributed by atoms with van der Waals surface area (Å²) in [6, 6.07) is 69.9. The van der Waals surface area contributed by atoms with Gasteiger partial charge in [0.05, 0.1) is 11.4 Å². The number of nitrogens with zero attached hydrogens (tertiary/aromatic N) is 4. The number of pyridine rings is 2. The van der Waals surface area contributed by atoms with E-state index in [1.165, 1.54) is 44.5 Å². The largest absolute Gasteiger partial charge is 0.256 e. The van der Waals surface area contributed by atoms with Crippen LogP contribution in [0.2, 0.25) is 0 Å². The van der Waals surface area contributed by atoms with Gasteiger partial charge in [0.1, 0.15) is 0 Å². The number of hydrogen-bond donors (Lipinski definition) is 0. The fourth-order valence-corrected chi connectivity index (χ4v) is 8.95. The first-order chi connectivity index (χ1) is 31.6. The minimum atomic E-state index is 0.715. The fourth-order valence-electron chi connectivity index (χ4n) is 8.95. The van der Waals surface area contributed by atoms with Gasteiger partial charge < -0.3 is 0 Å². The second kappa shape index (κ2) is 18.1. The van der Waals surface area contributed by atoms with E-state index in [-0.39, 0.29) is 0 Å². The Morgan fingerprint density at radius 2 is 0.625 bits per heavy atom. The van der Waals surface area contributed by atoms with Gasteiger partial charge in [-0.2, -0.15) is 0 Å². The molecule has 0 fully saturated rings. The summed E-state index contributed by atoms with van der Waals surface area (Å²) < 4.78 is 0. The van der Waals surface area contributed by atoms with Gasteiger partial charge in [0.15, 0.2) is 5.82 Å². The molecule has 0 saturated heterocycles. The van der Waals surface area contributed by atoms with E-state index in [0.29, 0.717) is 5.82 Å². The topological polar surface area (TPSA) is 51.6 Å². The Morgan fingerprint density at radius 3 is 1.05 bits per heavy atom. The lowest BCUT2D eigenvalue weighted by atomic mass is 9.84. The highest BCUT2D eigenvalue weighted by atomic mass is 14.8. The highest BCUT2D eigenvalue weighted by Gasteiger charge is 2.19. The molecule has 0 atom stereocenters. The average molecular weight is 823 g/mol. The molecule has 0 bridgehead atoms. The lowest BCUT2D eigenvalue weighted by Crippen LogP contribution is -1.95. The normalized spacial score (nSPS) is 11.1. The van der Waals surface area contributed by atoms with E-state index in [0.717, 1.165) is 74.3 Å². The smallest absolute Gasteiger partial charge is 0.159 e. The van der Waals surface area contributed by atoms with E-state index >= 15 is 0 Å². The molecular formula is C60H46N4. The van der Waals surface area contributed by atoms with E-state index in [1.54, 1.807) is 12.4 Å². The molecule has 0 N–H and O–H groups in total. The van der Waals surface area contributed by atoms with E-state index < -0.39 is 0 Å². The summed E-state index contributed by atoms with van der Waals surface area (Å²) in [5, 5.41) is 0. The van der Waals surface area contributed by atoms with Crippen LogP contribution in [0.15, 0.2) is 219 Å². The Balaban J connectivity index is 1.16. The lowest BCUT2D eigenvalue weighted by molar-refractivity contribution is 1.14. The summed E-state index contributed by atoms with van der Waals surface area (Å²) in [5.41, 5.74) is 21.9. The van der Waals surface area contributed by atoms with Crippen LogP contribution in [0.25, 0.3) is 101 Å². The summed E-state index contributed by atoms with van der Waals surface area (Å²) in [4.78, 5) is 18.3. The summed E-state index contributed by atoms with van der Waals surface area (Å²) in [7, 11) is 0. The highest BCUT2D eigenvalue weighted by Crippen LogP contribution is 2.44. The second-order valence-corrected chi connectivity index (χ2v) is 16.0. The average Bonchev–Trinajstić information content (AvgIpc) is 3.39. The number of rotatable bonds is 11. The Bertz CT molecular complexity index is 3060. The van der Waals surface area contributed by atoms with Crippen molar-refractivity contribution in [3.8, 4) is 101 Å². The summed E-state index contributed by atoms with van der Waals surface area (Å²) in [6.07, 6.45) is 9.08. The van der Waals surface area contributed by atoms with E-state index in [4.69, 9.17) is 0 Å². The zero-order chi connectivity index (χ0) is 43.2. The van der Waals surface area contributed by atoms with Crippen molar-refractivity contribution in [2.24, 2.45) is 0 Å². The van der Waals surface area contributed by atoms with Crippen LogP contribution in [0, 0.1) is 0 Å². The van der Waals surface area contributed by atoms with Gasteiger partial charge in [-0.1, -0.05) is 147 Å². The summed E-state index contributed by atoms with van der Waals surface area (Å²) >= 11 is 0. The first kappa shape index (κ1) is 40.0. The van der Waals surface area contributed by atoms with Gasteiger partial charge in [0, 0.05) is 41.5 Å². The third-order valence-corrected chi connectivity index (χ3v) is 12.1. The van der Waals surface area contributed by atoms with Crippen molar-refractivity contribution in [1.29, 1.82) is 0 Å². The maximum atomic E-state index is 4.67. The molecule has 0 unspecified atom stereocenters. The van der Waals surface area contributed by atoms with Crippen LogP contribution in [-0.2, 0) is 12.8 Å². The third kappa shape index (κ3) is 8.05. The Hall–Kier alpha value is -8.08. The van der Waals surface area contributed by atoms with Gasteiger partial charge in [-0.15, -0.1) is 0 Å². The third-order valence-electron chi connectivity index (χ3n) is 12.1. The second-order valence-electron chi connectivity index (χ2n) is 16.0. The van der Waals surface area contributed by atoms with Crippen molar-refractivity contribution in [3.05, 3.63) is 230 Å². The van der Waals surface area contributed by atoms with Crippen LogP contribution in [0.5, 0.6) is 0 Å². The summed E-state index contributed by atoms with van der Waals surface area (Å²) in [5.74, 6) is 0.715. The molecule has 0 aliphatic rings. The molecule has 306 valence electrons. The van der Waals surface area contributed by atoms with Gasteiger partial charge in [-0.05, 0) is 151 Å². The van der Waals surface area contributed by atoms with Crippen LogP contribution in [0.4, 0.5) is 0 Å². The standard InChI is InChI=1S/C60H46N4/c1-3-41-36-45(58-22-11-13-32-61-58)28-30-54(41)56-20-9-7-18-52(56)48-38-47(51-17-6-5-16-50(51)43-24-26-44(27-25-43)60-63-34-15-35-64-60)39-49(40-48)53-19-8-10-21-57(53)55-31-29-46(37-42(55)4-2)59-23-12-14-33-62-59/h5-40H,3-4H2,1-2H3. The number of aromatic nitrogens is 4. The molecule has 3 aromatic heterocycles. The first-order valence-electron chi connectivity index (χ1n) is 22.1. The number of aryl methyl sites for hydroxylation is 2. The van der Waals surface area contributed by atoms with Crippen LogP contribution < -0.4 is 0 Å².